The maximum absolute atomic E-state index is 12.7. The Morgan fingerprint density at radius 1 is 1.05 bits per heavy atom. The molecule has 0 saturated heterocycles. The van der Waals surface area contributed by atoms with Crippen LogP contribution in [0.2, 0.25) is 0 Å². The predicted octanol–water partition coefficient (Wildman–Crippen LogP) is 4.25. The summed E-state index contributed by atoms with van der Waals surface area (Å²) in [5.41, 5.74) is -0.583. The van der Waals surface area contributed by atoms with Crippen LogP contribution >= 0.6 is 7.82 Å². The van der Waals surface area contributed by atoms with Gasteiger partial charge in [-0.15, -0.1) is 0 Å². The van der Waals surface area contributed by atoms with Gasteiger partial charge in [-0.1, -0.05) is 5.57 Å². The van der Waals surface area contributed by atoms with Crippen molar-refractivity contribution in [2.45, 2.75) is 66.1 Å². The zero-order valence-electron chi connectivity index (χ0n) is 14.9. The van der Waals surface area contributed by atoms with Gasteiger partial charge in [-0.3, -0.25) is 13.6 Å². The summed E-state index contributed by atoms with van der Waals surface area (Å²) >= 11 is 0. The summed E-state index contributed by atoms with van der Waals surface area (Å²) in [6, 6.07) is 0. The van der Waals surface area contributed by atoms with E-state index in [1.807, 2.05) is 0 Å². The highest BCUT2D eigenvalue weighted by atomic mass is 31.2. The molecule has 0 bridgehead atoms. The van der Waals surface area contributed by atoms with E-state index in [1.54, 1.807) is 48.5 Å². The molecule has 0 aromatic heterocycles. The highest BCUT2D eigenvalue weighted by molar-refractivity contribution is 7.48. The van der Waals surface area contributed by atoms with E-state index >= 15 is 0 Å². The number of phosphoric ester groups is 1. The lowest BCUT2D eigenvalue weighted by Crippen LogP contribution is -2.24. The number of hydrogen-bond acceptors (Lipinski definition) is 6. The van der Waals surface area contributed by atoms with Gasteiger partial charge < -0.3 is 4.74 Å². The molecule has 0 heterocycles. The standard InChI is InChI=1S/C15H29O6P/c1-12(11-13(16)18-8)9-10-19-22(17,20-14(2,3)4)21-15(5,6)7/h11H,9-10H2,1-8H3/b12-11+. The maximum atomic E-state index is 12.7. The fraction of sp³-hybridized carbons (Fsp3) is 0.800. The molecule has 22 heavy (non-hydrogen) atoms. The van der Waals surface area contributed by atoms with Crippen LogP contribution in [0.1, 0.15) is 54.9 Å². The minimum Gasteiger partial charge on any atom is -0.466 e. The molecule has 7 heteroatoms. The highest BCUT2D eigenvalue weighted by Gasteiger charge is 2.36. The van der Waals surface area contributed by atoms with Crippen molar-refractivity contribution in [1.29, 1.82) is 0 Å². The zero-order valence-corrected chi connectivity index (χ0v) is 15.8. The summed E-state index contributed by atoms with van der Waals surface area (Å²) < 4.78 is 33.6. The molecule has 0 aliphatic heterocycles. The first-order valence-electron chi connectivity index (χ1n) is 7.17. The Labute approximate surface area is 133 Å². The first-order valence-corrected chi connectivity index (χ1v) is 8.64. The van der Waals surface area contributed by atoms with Crippen molar-refractivity contribution >= 4 is 13.8 Å². The summed E-state index contributed by atoms with van der Waals surface area (Å²) in [5.74, 6) is -0.433. The van der Waals surface area contributed by atoms with E-state index in [-0.39, 0.29) is 6.61 Å². The third-order valence-electron chi connectivity index (χ3n) is 2.08. The molecule has 0 fully saturated rings. The van der Waals surface area contributed by atoms with Crippen LogP contribution in [-0.2, 0) is 27.7 Å². The van der Waals surface area contributed by atoms with Gasteiger partial charge in [0.25, 0.3) is 0 Å². The van der Waals surface area contributed by atoms with Crippen molar-refractivity contribution < 1.29 is 27.7 Å². The molecule has 0 spiro atoms. The number of esters is 1. The van der Waals surface area contributed by atoms with Gasteiger partial charge in [0.2, 0.25) is 0 Å². The van der Waals surface area contributed by atoms with Gasteiger partial charge in [-0.2, -0.15) is 0 Å². The van der Waals surface area contributed by atoms with Crippen molar-refractivity contribution in [3.05, 3.63) is 11.6 Å². The van der Waals surface area contributed by atoms with Crippen molar-refractivity contribution in [1.82, 2.24) is 0 Å². The second-order valence-corrected chi connectivity index (χ2v) is 8.47. The third-order valence-corrected chi connectivity index (χ3v) is 4.12. The minimum atomic E-state index is -3.70. The Kier molecular flexibility index (Phi) is 8.00. The van der Waals surface area contributed by atoms with Crippen LogP contribution in [-0.4, -0.2) is 30.9 Å². The average Bonchev–Trinajstić information content (AvgIpc) is 2.22. The molecule has 0 aliphatic carbocycles. The fourth-order valence-electron chi connectivity index (χ4n) is 1.39. The lowest BCUT2D eigenvalue weighted by molar-refractivity contribution is -0.134. The van der Waals surface area contributed by atoms with Crippen LogP contribution in [0.15, 0.2) is 11.6 Å². The van der Waals surface area contributed by atoms with Gasteiger partial charge in [0, 0.05) is 6.08 Å². The Hall–Kier alpha value is -0.680. The number of hydrogen-bond donors (Lipinski definition) is 0. The van der Waals surface area contributed by atoms with Crippen molar-refractivity contribution in [3.8, 4) is 0 Å². The van der Waals surface area contributed by atoms with Gasteiger partial charge >= 0.3 is 13.8 Å². The largest absolute Gasteiger partial charge is 0.475 e. The molecule has 0 aromatic rings. The van der Waals surface area contributed by atoms with E-state index in [2.05, 4.69) is 4.74 Å². The van der Waals surface area contributed by atoms with Crippen molar-refractivity contribution in [2.24, 2.45) is 0 Å². The molecule has 0 atom stereocenters. The summed E-state index contributed by atoms with van der Waals surface area (Å²) in [6.45, 7) is 12.5. The molecule has 0 amide bonds. The molecule has 0 radical (unpaired) electrons. The lowest BCUT2D eigenvalue weighted by Gasteiger charge is -2.30. The average molecular weight is 336 g/mol. The molecular weight excluding hydrogens is 307 g/mol. The van der Waals surface area contributed by atoms with E-state index in [0.29, 0.717) is 6.42 Å². The Morgan fingerprint density at radius 3 is 1.86 bits per heavy atom. The quantitative estimate of drug-likeness (QED) is 0.393. The van der Waals surface area contributed by atoms with Gasteiger partial charge in [0.15, 0.2) is 0 Å². The monoisotopic (exact) mass is 336 g/mol. The SMILES string of the molecule is COC(=O)/C=C(\C)CCOP(=O)(OC(C)(C)C)OC(C)(C)C. The minimum absolute atomic E-state index is 0.114. The molecule has 0 aliphatic rings. The van der Waals surface area contributed by atoms with Crippen LogP contribution in [0.5, 0.6) is 0 Å². The van der Waals surface area contributed by atoms with Crippen LogP contribution in [0.25, 0.3) is 0 Å². The second-order valence-electron chi connectivity index (χ2n) is 6.95. The maximum Gasteiger partial charge on any atom is 0.475 e. The van der Waals surface area contributed by atoms with Crippen molar-refractivity contribution in [3.63, 3.8) is 0 Å². The molecule has 0 saturated carbocycles. The van der Waals surface area contributed by atoms with Gasteiger partial charge in [0.05, 0.1) is 24.9 Å². The van der Waals surface area contributed by atoms with Crippen LogP contribution in [0, 0.1) is 0 Å². The third kappa shape index (κ3) is 11.0. The highest BCUT2D eigenvalue weighted by Crippen LogP contribution is 2.55. The molecule has 0 rings (SSSR count). The second kappa shape index (κ2) is 8.25. The summed E-state index contributed by atoms with van der Waals surface area (Å²) in [7, 11) is -2.39. The Balaban J connectivity index is 4.77. The van der Waals surface area contributed by atoms with Gasteiger partial charge in [-0.25, -0.2) is 9.36 Å². The topological polar surface area (TPSA) is 71.1 Å². The van der Waals surface area contributed by atoms with E-state index < -0.39 is 25.0 Å². The van der Waals surface area contributed by atoms with Crippen molar-refractivity contribution in [2.75, 3.05) is 13.7 Å². The van der Waals surface area contributed by atoms with Crippen LogP contribution in [0.3, 0.4) is 0 Å². The Bertz CT molecular complexity index is 422. The molecule has 0 N–H and O–H groups in total. The number of methoxy groups -OCH3 is 1. The number of ether oxygens (including phenoxy) is 1. The van der Waals surface area contributed by atoms with E-state index in [0.717, 1.165) is 5.57 Å². The molecule has 6 nitrogen and oxygen atoms in total. The normalized spacial score (nSPS) is 14.1. The molecule has 0 unspecified atom stereocenters. The predicted molar refractivity (Wildman–Crippen MR) is 85.6 cm³/mol. The number of rotatable bonds is 7. The van der Waals surface area contributed by atoms with E-state index in [9.17, 15) is 9.36 Å². The number of phosphoric acid groups is 1. The first kappa shape index (κ1) is 21.3. The summed E-state index contributed by atoms with van der Waals surface area (Å²) in [5, 5.41) is 0. The number of carbonyl (C=O) groups is 1. The first-order chi connectivity index (χ1) is 9.76. The van der Waals surface area contributed by atoms with Crippen LogP contribution in [0.4, 0.5) is 0 Å². The van der Waals surface area contributed by atoms with E-state index in [1.165, 1.54) is 13.2 Å². The van der Waals surface area contributed by atoms with Crippen LogP contribution < -0.4 is 0 Å². The molecular formula is C15H29O6P. The van der Waals surface area contributed by atoms with Gasteiger partial charge in [-0.05, 0) is 54.9 Å². The smallest absolute Gasteiger partial charge is 0.466 e. The fourth-order valence-corrected chi connectivity index (χ4v) is 3.19. The number of carbonyl (C=O) groups excluding carboxylic acids is 1. The zero-order chi connectivity index (χ0) is 17.6. The summed E-state index contributed by atoms with van der Waals surface area (Å²) in [6.07, 6.45) is 1.78. The Morgan fingerprint density at radius 2 is 1.50 bits per heavy atom. The molecule has 0 aromatic carbocycles. The van der Waals surface area contributed by atoms with E-state index in [4.69, 9.17) is 13.6 Å². The van der Waals surface area contributed by atoms with Gasteiger partial charge in [0.1, 0.15) is 0 Å². The molecule has 130 valence electrons. The summed E-state index contributed by atoms with van der Waals surface area (Å²) in [4.78, 5) is 11.1. The lowest BCUT2D eigenvalue weighted by atomic mass is 10.2.